The highest BCUT2D eigenvalue weighted by atomic mass is 79.9. The number of fused-ring (bicyclic) bond motifs is 1. The molecule has 3 aromatic rings. The maximum absolute atomic E-state index is 12.5. The second-order valence-corrected chi connectivity index (χ2v) is 6.07. The molecule has 5 nitrogen and oxygen atoms in total. The molecular weight excluding hydrogens is 352 g/mol. The maximum atomic E-state index is 12.5. The minimum Gasteiger partial charge on any atom is -0.342 e. The van der Waals surface area contributed by atoms with Gasteiger partial charge >= 0.3 is 0 Å². The number of nitrogens with zero attached hydrogens (tertiary/aromatic N) is 3. The van der Waals surface area contributed by atoms with Gasteiger partial charge < -0.3 is 9.88 Å². The number of carbonyl (C=O) groups excluding carboxylic acids is 1. The Morgan fingerprint density at radius 2 is 2.29 bits per heavy atom. The van der Waals surface area contributed by atoms with E-state index in [-0.39, 0.29) is 5.91 Å². The molecule has 3 rings (SSSR count). The quantitative estimate of drug-likeness (QED) is 0.763. The molecule has 0 saturated carbocycles. The average molecular weight is 365 g/mol. The summed E-state index contributed by atoms with van der Waals surface area (Å²) in [6.07, 6.45) is 2.89. The van der Waals surface area contributed by atoms with Crippen LogP contribution in [0.5, 0.6) is 0 Å². The number of benzene rings is 1. The molecule has 1 amide bonds. The lowest BCUT2D eigenvalue weighted by Crippen LogP contribution is -2.17. The van der Waals surface area contributed by atoms with Gasteiger partial charge in [0.15, 0.2) is 0 Å². The van der Waals surface area contributed by atoms with Gasteiger partial charge in [-0.25, -0.2) is 0 Å². The van der Waals surface area contributed by atoms with Crippen molar-refractivity contribution in [1.29, 1.82) is 0 Å². The fourth-order valence-electron chi connectivity index (χ4n) is 2.18. The summed E-state index contributed by atoms with van der Waals surface area (Å²) in [5, 5.41) is 2.92. The third kappa shape index (κ3) is 2.84. The smallest absolute Gasteiger partial charge is 0.272 e. The number of nitrogens with one attached hydrogen (secondary N) is 1. The lowest BCUT2D eigenvalue weighted by Gasteiger charge is -2.08. The van der Waals surface area contributed by atoms with Crippen molar-refractivity contribution in [2.75, 3.05) is 5.32 Å². The number of rotatable bonds is 4. The van der Waals surface area contributed by atoms with Gasteiger partial charge in [-0.2, -0.15) is 8.75 Å². The number of carbonyl (C=O) groups is 1. The van der Waals surface area contributed by atoms with Crippen LogP contribution in [0.3, 0.4) is 0 Å². The first-order valence-corrected chi connectivity index (χ1v) is 8.09. The topological polar surface area (TPSA) is 59.8 Å². The molecule has 1 N–H and O–H groups in total. The van der Waals surface area contributed by atoms with E-state index < -0.39 is 0 Å². The maximum Gasteiger partial charge on any atom is 0.272 e. The Hall–Kier alpha value is -1.73. The first kappa shape index (κ1) is 14.2. The second kappa shape index (κ2) is 5.95. The SMILES string of the molecule is CCCn1cc(Br)cc1C(=O)Nc1cccc2nsnc12. The van der Waals surface area contributed by atoms with Gasteiger partial charge in [0.25, 0.3) is 5.91 Å². The summed E-state index contributed by atoms with van der Waals surface area (Å²) in [4.78, 5) is 12.5. The highest BCUT2D eigenvalue weighted by molar-refractivity contribution is 9.10. The Balaban J connectivity index is 1.91. The van der Waals surface area contributed by atoms with Crippen LogP contribution in [0.15, 0.2) is 34.9 Å². The van der Waals surface area contributed by atoms with E-state index in [9.17, 15) is 4.79 Å². The highest BCUT2D eigenvalue weighted by Gasteiger charge is 2.15. The number of aryl methyl sites for hydroxylation is 1. The minimum atomic E-state index is -0.144. The molecule has 2 aromatic heterocycles. The van der Waals surface area contributed by atoms with Crippen LogP contribution in [0.2, 0.25) is 0 Å². The normalized spacial score (nSPS) is 11.0. The molecule has 0 saturated heterocycles. The van der Waals surface area contributed by atoms with Gasteiger partial charge in [0.05, 0.1) is 17.4 Å². The highest BCUT2D eigenvalue weighted by Crippen LogP contribution is 2.23. The van der Waals surface area contributed by atoms with Crippen LogP contribution < -0.4 is 5.32 Å². The van der Waals surface area contributed by atoms with E-state index in [0.717, 1.165) is 40.2 Å². The largest absolute Gasteiger partial charge is 0.342 e. The molecule has 21 heavy (non-hydrogen) atoms. The fourth-order valence-corrected chi connectivity index (χ4v) is 3.20. The second-order valence-electron chi connectivity index (χ2n) is 4.63. The molecule has 0 aliphatic carbocycles. The number of aromatic nitrogens is 3. The van der Waals surface area contributed by atoms with Crippen LogP contribution >= 0.6 is 27.7 Å². The van der Waals surface area contributed by atoms with Crippen molar-refractivity contribution in [3.05, 3.63) is 40.6 Å². The summed E-state index contributed by atoms with van der Waals surface area (Å²) in [5.41, 5.74) is 2.84. The molecule has 0 aliphatic rings. The van der Waals surface area contributed by atoms with Crippen LogP contribution in [0.4, 0.5) is 5.69 Å². The van der Waals surface area contributed by atoms with Gasteiger partial charge in [0, 0.05) is 17.2 Å². The summed E-state index contributed by atoms with van der Waals surface area (Å²) in [6.45, 7) is 2.88. The molecule has 0 spiro atoms. The predicted molar refractivity (Wildman–Crippen MR) is 87.8 cm³/mol. The van der Waals surface area contributed by atoms with Gasteiger partial charge in [-0.15, -0.1) is 0 Å². The van der Waals surface area contributed by atoms with Crippen LogP contribution in [-0.2, 0) is 6.54 Å². The molecule has 108 valence electrons. The van der Waals surface area contributed by atoms with Gasteiger partial charge in [-0.05, 0) is 40.5 Å². The lowest BCUT2D eigenvalue weighted by atomic mass is 10.2. The van der Waals surface area contributed by atoms with Crippen LogP contribution in [0.25, 0.3) is 11.0 Å². The molecular formula is C14H13BrN4OS. The molecule has 0 fully saturated rings. The predicted octanol–water partition coefficient (Wildman–Crippen LogP) is 3.92. The van der Waals surface area contributed by atoms with E-state index >= 15 is 0 Å². The van der Waals surface area contributed by atoms with Gasteiger partial charge in [-0.3, -0.25) is 4.79 Å². The number of amides is 1. The molecule has 0 bridgehead atoms. The summed E-state index contributed by atoms with van der Waals surface area (Å²) in [6, 6.07) is 7.40. The van der Waals surface area contributed by atoms with E-state index in [2.05, 4.69) is 36.9 Å². The Labute approximate surface area is 134 Å². The Morgan fingerprint density at radius 3 is 3.10 bits per heavy atom. The minimum absolute atomic E-state index is 0.144. The first-order chi connectivity index (χ1) is 10.2. The van der Waals surface area contributed by atoms with Crippen LogP contribution in [0.1, 0.15) is 23.8 Å². The van der Waals surface area contributed by atoms with Crippen molar-refractivity contribution in [3.8, 4) is 0 Å². The zero-order valence-electron chi connectivity index (χ0n) is 11.3. The lowest BCUT2D eigenvalue weighted by molar-refractivity contribution is 0.101. The van der Waals surface area contributed by atoms with E-state index in [1.54, 1.807) is 0 Å². The van der Waals surface area contributed by atoms with E-state index in [4.69, 9.17) is 0 Å². The van der Waals surface area contributed by atoms with Crippen molar-refractivity contribution in [1.82, 2.24) is 13.3 Å². The molecule has 0 unspecified atom stereocenters. The summed E-state index contributed by atoms with van der Waals surface area (Å²) < 4.78 is 11.2. The Morgan fingerprint density at radius 1 is 1.43 bits per heavy atom. The molecule has 2 heterocycles. The number of hydrogen-bond donors (Lipinski definition) is 1. The van der Waals surface area contributed by atoms with Crippen molar-refractivity contribution < 1.29 is 4.79 Å². The van der Waals surface area contributed by atoms with Crippen LogP contribution in [-0.4, -0.2) is 19.2 Å². The fraction of sp³-hybridized carbons (Fsp3) is 0.214. The summed E-state index contributed by atoms with van der Waals surface area (Å²) >= 11 is 4.56. The summed E-state index contributed by atoms with van der Waals surface area (Å²) in [7, 11) is 0. The molecule has 1 aromatic carbocycles. The molecule has 0 radical (unpaired) electrons. The molecule has 0 atom stereocenters. The van der Waals surface area contributed by atoms with Gasteiger partial charge in [0.1, 0.15) is 16.7 Å². The third-order valence-corrected chi connectivity index (χ3v) is 4.07. The molecule has 7 heteroatoms. The van der Waals surface area contributed by atoms with E-state index in [0.29, 0.717) is 11.4 Å². The van der Waals surface area contributed by atoms with Crippen LogP contribution in [0, 0.1) is 0 Å². The number of hydrogen-bond acceptors (Lipinski definition) is 4. The Kier molecular flexibility index (Phi) is 4.03. The standard InChI is InChI=1S/C14H13BrN4OS/c1-2-6-19-8-9(15)7-12(19)14(20)16-10-4-3-5-11-13(10)18-21-17-11/h3-5,7-8H,2,6H2,1H3,(H,16,20). The third-order valence-electron chi connectivity index (χ3n) is 3.09. The van der Waals surface area contributed by atoms with Gasteiger partial charge in [0.2, 0.25) is 0 Å². The summed E-state index contributed by atoms with van der Waals surface area (Å²) in [5.74, 6) is -0.144. The molecule has 0 aliphatic heterocycles. The van der Waals surface area contributed by atoms with Crippen molar-refractivity contribution in [2.24, 2.45) is 0 Å². The van der Waals surface area contributed by atoms with E-state index in [1.807, 2.05) is 35.0 Å². The van der Waals surface area contributed by atoms with Gasteiger partial charge in [-0.1, -0.05) is 13.0 Å². The Bertz CT molecular complexity index is 795. The number of anilines is 1. The van der Waals surface area contributed by atoms with Crippen molar-refractivity contribution in [2.45, 2.75) is 19.9 Å². The number of halogens is 1. The van der Waals surface area contributed by atoms with Crippen molar-refractivity contribution in [3.63, 3.8) is 0 Å². The zero-order chi connectivity index (χ0) is 14.8. The average Bonchev–Trinajstić information content (AvgIpc) is 3.06. The first-order valence-electron chi connectivity index (χ1n) is 6.57. The van der Waals surface area contributed by atoms with E-state index in [1.165, 1.54) is 0 Å². The zero-order valence-corrected chi connectivity index (χ0v) is 13.7. The van der Waals surface area contributed by atoms with Crippen molar-refractivity contribution >= 4 is 50.3 Å². The monoisotopic (exact) mass is 364 g/mol.